The van der Waals surface area contributed by atoms with E-state index in [0.717, 1.165) is 23.9 Å². The highest BCUT2D eigenvalue weighted by molar-refractivity contribution is 5.97. The van der Waals surface area contributed by atoms with Crippen LogP contribution in [0.4, 0.5) is 10.1 Å². The van der Waals surface area contributed by atoms with Crippen LogP contribution in [0.3, 0.4) is 0 Å². The molecular weight excluding hydrogens is 419 g/mol. The Morgan fingerprint density at radius 1 is 1.12 bits per heavy atom. The van der Waals surface area contributed by atoms with Gasteiger partial charge in [-0.15, -0.1) is 10.2 Å². The number of likely N-dealkylation sites (tertiary alicyclic amines) is 1. The number of benzene rings is 2. The summed E-state index contributed by atoms with van der Waals surface area (Å²) in [5.74, 6) is -1.01. The third-order valence-corrected chi connectivity index (χ3v) is 7.10. The van der Waals surface area contributed by atoms with E-state index >= 15 is 0 Å². The fourth-order valence-corrected chi connectivity index (χ4v) is 6.18. The van der Waals surface area contributed by atoms with E-state index < -0.39 is 11.7 Å². The van der Waals surface area contributed by atoms with Gasteiger partial charge in [0, 0.05) is 23.5 Å². The maximum atomic E-state index is 13.1. The van der Waals surface area contributed by atoms with Gasteiger partial charge in [0.2, 0.25) is 5.88 Å². The maximum absolute atomic E-state index is 13.1. The van der Waals surface area contributed by atoms with Gasteiger partial charge >= 0.3 is 0 Å². The first-order valence-electron chi connectivity index (χ1n) is 11.4. The molecule has 0 radical (unpaired) electrons. The normalized spacial score (nSPS) is 24.7. The quantitative estimate of drug-likeness (QED) is 0.478. The number of aromatic nitrogens is 1. The van der Waals surface area contributed by atoms with E-state index in [4.69, 9.17) is 0 Å². The average Bonchev–Trinajstić information content (AvgIpc) is 3.15. The van der Waals surface area contributed by atoms with Crippen LogP contribution in [0, 0.1) is 16.6 Å². The third-order valence-electron chi connectivity index (χ3n) is 7.10. The van der Waals surface area contributed by atoms with Crippen molar-refractivity contribution in [1.82, 2.24) is 9.47 Å². The third kappa shape index (κ3) is 4.06. The largest absolute Gasteiger partial charge is 0.493 e. The molecule has 7 heteroatoms. The lowest BCUT2D eigenvalue weighted by Crippen LogP contribution is -2.35. The Balaban J connectivity index is 1.46. The van der Waals surface area contributed by atoms with Gasteiger partial charge in [-0.05, 0) is 60.4 Å². The highest BCUT2D eigenvalue weighted by Crippen LogP contribution is 2.53. The van der Waals surface area contributed by atoms with Gasteiger partial charge in [0.15, 0.2) is 5.69 Å². The molecule has 172 valence electrons. The summed E-state index contributed by atoms with van der Waals surface area (Å²) in [6.07, 6.45) is 3.52. The Morgan fingerprint density at radius 3 is 2.61 bits per heavy atom. The van der Waals surface area contributed by atoms with Crippen LogP contribution < -0.4 is 0 Å². The Morgan fingerprint density at radius 2 is 1.85 bits per heavy atom. The molecule has 6 nitrogen and oxygen atoms in total. The molecule has 1 saturated carbocycles. The summed E-state index contributed by atoms with van der Waals surface area (Å²) in [7, 11) is 0. The van der Waals surface area contributed by atoms with Crippen molar-refractivity contribution in [2.75, 3.05) is 6.54 Å². The summed E-state index contributed by atoms with van der Waals surface area (Å²) in [6, 6.07) is 13.2. The number of carbonyl (C=O) groups excluding carboxylic acids is 1. The van der Waals surface area contributed by atoms with Crippen LogP contribution in [-0.2, 0) is 6.67 Å². The van der Waals surface area contributed by atoms with E-state index in [-0.39, 0.29) is 22.5 Å². The highest BCUT2D eigenvalue weighted by atomic mass is 19.1. The molecule has 2 bridgehead atoms. The van der Waals surface area contributed by atoms with Crippen LogP contribution >= 0.6 is 0 Å². The Labute approximate surface area is 192 Å². The molecule has 1 amide bonds. The van der Waals surface area contributed by atoms with Crippen molar-refractivity contribution in [3.63, 3.8) is 0 Å². The SMILES string of the molecule is CC1(C)C[C@H]2C[C@@](C)(CN2Cn2c(O)c(N=NC(=O)c3ccc(F)cc3)c3ccccc32)C1. The van der Waals surface area contributed by atoms with Crippen molar-refractivity contribution >= 4 is 22.5 Å². The van der Waals surface area contributed by atoms with Crippen LogP contribution in [0.15, 0.2) is 58.8 Å². The van der Waals surface area contributed by atoms with E-state index in [1.165, 1.54) is 37.1 Å². The summed E-state index contributed by atoms with van der Waals surface area (Å²) >= 11 is 0. The number of para-hydroxylation sites is 1. The average molecular weight is 449 g/mol. The number of carbonyl (C=O) groups is 1. The zero-order chi connectivity index (χ0) is 23.4. The summed E-state index contributed by atoms with van der Waals surface area (Å²) in [5, 5.41) is 19.8. The lowest BCUT2D eigenvalue weighted by Gasteiger charge is -2.40. The molecular formula is C26H29FN4O2. The minimum Gasteiger partial charge on any atom is -0.493 e. The van der Waals surface area contributed by atoms with Gasteiger partial charge in [-0.1, -0.05) is 39.0 Å². The highest BCUT2D eigenvalue weighted by Gasteiger charge is 2.49. The number of hydrogen-bond donors (Lipinski definition) is 1. The Bertz CT molecular complexity index is 1250. The molecule has 1 aliphatic heterocycles. The van der Waals surface area contributed by atoms with Crippen molar-refractivity contribution in [3.8, 4) is 5.88 Å². The van der Waals surface area contributed by atoms with Crippen LogP contribution in [0.25, 0.3) is 10.9 Å². The molecule has 0 unspecified atom stereocenters. The molecule has 2 heterocycles. The lowest BCUT2D eigenvalue weighted by atomic mass is 9.65. The first-order chi connectivity index (χ1) is 15.6. The van der Waals surface area contributed by atoms with Gasteiger partial charge in [-0.3, -0.25) is 14.3 Å². The summed E-state index contributed by atoms with van der Waals surface area (Å²) in [4.78, 5) is 14.9. The number of aromatic hydroxyl groups is 1. The second kappa shape index (κ2) is 7.76. The molecule has 2 atom stereocenters. The molecule has 2 fully saturated rings. The van der Waals surface area contributed by atoms with Crippen LogP contribution in [0.5, 0.6) is 5.88 Å². The van der Waals surface area contributed by atoms with Crippen molar-refractivity contribution in [2.45, 2.75) is 52.7 Å². The number of amides is 1. The van der Waals surface area contributed by atoms with E-state index in [9.17, 15) is 14.3 Å². The van der Waals surface area contributed by atoms with Crippen molar-refractivity contribution in [1.29, 1.82) is 0 Å². The van der Waals surface area contributed by atoms with Crippen molar-refractivity contribution < 1.29 is 14.3 Å². The fraction of sp³-hybridized carbons (Fsp3) is 0.423. The molecule has 3 aromatic rings. The number of rotatable bonds is 4. The molecule has 0 spiro atoms. The second-order valence-corrected chi connectivity index (χ2v) is 10.7. The van der Waals surface area contributed by atoms with Gasteiger partial charge in [-0.2, -0.15) is 0 Å². The van der Waals surface area contributed by atoms with Crippen molar-refractivity contribution in [2.24, 2.45) is 21.1 Å². The minimum atomic E-state index is -0.588. The van der Waals surface area contributed by atoms with Gasteiger partial charge in [0.05, 0.1) is 12.2 Å². The molecule has 2 aromatic carbocycles. The minimum absolute atomic E-state index is 0.00211. The van der Waals surface area contributed by atoms with Crippen LogP contribution in [0.1, 0.15) is 50.4 Å². The number of azo groups is 1. The fourth-order valence-electron chi connectivity index (χ4n) is 6.18. The number of fused-ring (bicyclic) bond motifs is 3. The molecule has 1 N–H and O–H groups in total. The Kier molecular flexibility index (Phi) is 5.12. The molecule has 1 aromatic heterocycles. The number of hydrogen-bond acceptors (Lipinski definition) is 4. The molecule has 33 heavy (non-hydrogen) atoms. The predicted octanol–water partition coefficient (Wildman–Crippen LogP) is 6.27. The van der Waals surface area contributed by atoms with Gasteiger partial charge in [0.1, 0.15) is 5.82 Å². The topological polar surface area (TPSA) is 70.2 Å². The summed E-state index contributed by atoms with van der Waals surface area (Å²) < 4.78 is 15.0. The van der Waals surface area contributed by atoms with E-state index in [2.05, 4.69) is 35.9 Å². The number of nitrogens with zero attached hydrogens (tertiary/aromatic N) is 4. The van der Waals surface area contributed by atoms with E-state index in [1.807, 2.05) is 28.8 Å². The second-order valence-electron chi connectivity index (χ2n) is 10.7. The van der Waals surface area contributed by atoms with Crippen LogP contribution in [0.2, 0.25) is 0 Å². The zero-order valence-electron chi connectivity index (χ0n) is 19.3. The van der Waals surface area contributed by atoms with Crippen molar-refractivity contribution in [3.05, 3.63) is 59.9 Å². The monoisotopic (exact) mass is 448 g/mol. The van der Waals surface area contributed by atoms with Gasteiger partial charge in [0.25, 0.3) is 5.91 Å². The summed E-state index contributed by atoms with van der Waals surface area (Å²) in [5.41, 5.74) is 1.96. The predicted molar refractivity (Wildman–Crippen MR) is 125 cm³/mol. The standard InChI is InChI=1S/C26H29FN4O2/c1-25(2)12-19-13-26(3,14-25)15-30(19)16-31-21-7-5-4-6-20(21)22(24(31)33)28-29-23(32)17-8-10-18(27)11-9-17/h4-11,19,33H,12-16H2,1-3H3/t19-,26+/m0/s1. The molecule has 1 saturated heterocycles. The molecule has 1 aliphatic carbocycles. The molecule has 2 aliphatic rings. The first-order valence-corrected chi connectivity index (χ1v) is 11.4. The summed E-state index contributed by atoms with van der Waals surface area (Å²) in [6.45, 7) is 8.62. The maximum Gasteiger partial charge on any atom is 0.295 e. The van der Waals surface area contributed by atoms with Gasteiger partial charge < -0.3 is 5.11 Å². The number of halogens is 1. The van der Waals surface area contributed by atoms with E-state index in [1.54, 1.807) is 0 Å². The zero-order valence-corrected chi connectivity index (χ0v) is 19.3. The van der Waals surface area contributed by atoms with Crippen LogP contribution in [-0.4, -0.2) is 33.1 Å². The Hall–Kier alpha value is -3.06. The molecule has 5 rings (SSSR count). The van der Waals surface area contributed by atoms with E-state index in [0.29, 0.717) is 18.1 Å². The lowest BCUT2D eigenvalue weighted by molar-refractivity contribution is 0.0995. The van der Waals surface area contributed by atoms with Gasteiger partial charge in [-0.25, -0.2) is 4.39 Å². The smallest absolute Gasteiger partial charge is 0.295 e. The first kappa shape index (κ1) is 21.8.